The van der Waals surface area contributed by atoms with Crippen molar-refractivity contribution in [1.29, 1.82) is 0 Å². The highest BCUT2D eigenvalue weighted by Crippen LogP contribution is 2.41. The summed E-state index contributed by atoms with van der Waals surface area (Å²) in [5.41, 5.74) is 16.3. The van der Waals surface area contributed by atoms with E-state index in [9.17, 15) is 0 Å². The lowest BCUT2D eigenvalue weighted by Crippen LogP contribution is -2.39. The molecule has 2 fully saturated rings. The number of aromatic nitrogens is 3. The van der Waals surface area contributed by atoms with Gasteiger partial charge >= 0.3 is 0 Å². The van der Waals surface area contributed by atoms with Gasteiger partial charge in [0.25, 0.3) is 0 Å². The lowest BCUT2D eigenvalue weighted by molar-refractivity contribution is 0.389. The summed E-state index contributed by atoms with van der Waals surface area (Å²) >= 11 is 0. The molecule has 2 aromatic heterocycles. The van der Waals surface area contributed by atoms with Crippen LogP contribution < -0.4 is 16.4 Å². The zero-order valence-corrected chi connectivity index (χ0v) is 15.5. The van der Waals surface area contributed by atoms with Crippen molar-refractivity contribution < 1.29 is 0 Å². The Morgan fingerprint density at radius 1 is 1.00 bits per heavy atom. The Balaban J connectivity index is 1.61. The molecule has 1 aromatic carbocycles. The molecule has 0 radical (unpaired) electrons. The van der Waals surface area contributed by atoms with Crippen molar-refractivity contribution in [3.63, 3.8) is 0 Å². The van der Waals surface area contributed by atoms with Crippen LogP contribution in [0.4, 0.5) is 17.2 Å². The zero-order valence-electron chi connectivity index (χ0n) is 15.5. The Labute approximate surface area is 159 Å². The van der Waals surface area contributed by atoms with E-state index < -0.39 is 0 Å². The van der Waals surface area contributed by atoms with E-state index in [0.717, 1.165) is 42.8 Å². The average molecular weight is 362 g/mol. The molecule has 2 heterocycles. The second-order valence-electron chi connectivity index (χ2n) is 7.92. The third-order valence-electron chi connectivity index (χ3n) is 5.89. The van der Waals surface area contributed by atoms with E-state index in [0.29, 0.717) is 23.7 Å². The van der Waals surface area contributed by atoms with Gasteiger partial charge in [0.1, 0.15) is 0 Å². The molecule has 2 saturated carbocycles. The third kappa shape index (κ3) is 3.04. The molecular weight excluding hydrogens is 336 g/mol. The van der Waals surface area contributed by atoms with Gasteiger partial charge in [-0.25, -0.2) is 9.50 Å². The number of imidazole rings is 1. The number of hydrogen-bond donors (Lipinski definition) is 2. The molecule has 0 unspecified atom stereocenters. The van der Waals surface area contributed by atoms with Crippen LogP contribution in [0, 0.1) is 0 Å². The molecule has 0 saturated heterocycles. The van der Waals surface area contributed by atoms with E-state index in [1.165, 1.54) is 18.5 Å². The number of anilines is 3. The maximum atomic E-state index is 6.39. The van der Waals surface area contributed by atoms with Gasteiger partial charge in [-0.2, -0.15) is 0 Å². The van der Waals surface area contributed by atoms with Crippen LogP contribution in [-0.2, 0) is 0 Å². The maximum Gasteiger partial charge on any atom is 0.177 e. The fourth-order valence-corrected chi connectivity index (χ4v) is 4.25. The van der Waals surface area contributed by atoms with Crippen molar-refractivity contribution in [3.8, 4) is 0 Å². The van der Waals surface area contributed by atoms with Crippen LogP contribution in [0.3, 0.4) is 0 Å². The highest BCUT2D eigenvalue weighted by atomic mass is 15.3. The molecule has 5 rings (SSSR count). The van der Waals surface area contributed by atoms with Crippen LogP contribution in [0.1, 0.15) is 50.1 Å². The standard InChI is InChI=1S/C21H26N6/c22-15-8-10-17(11-9-15)26(16-4-2-1-3-5-16)20-12-18(23)21-24-13-19(14-6-7-14)27(21)25-20/h1-5,12-15,17H,6-11,22-23H2. The quantitative estimate of drug-likeness (QED) is 0.741. The van der Waals surface area contributed by atoms with Gasteiger partial charge in [-0.3, -0.25) is 0 Å². The van der Waals surface area contributed by atoms with Crippen molar-refractivity contribution in [2.75, 3.05) is 10.6 Å². The molecule has 0 spiro atoms. The summed E-state index contributed by atoms with van der Waals surface area (Å²) in [6.07, 6.45) is 8.58. The van der Waals surface area contributed by atoms with Gasteiger partial charge in [0.05, 0.1) is 17.6 Å². The molecule has 4 N–H and O–H groups in total. The molecule has 0 aliphatic heterocycles. The van der Waals surface area contributed by atoms with Crippen molar-refractivity contribution in [1.82, 2.24) is 14.6 Å². The van der Waals surface area contributed by atoms with Gasteiger partial charge in [-0.05, 0) is 50.7 Å². The Morgan fingerprint density at radius 2 is 1.74 bits per heavy atom. The van der Waals surface area contributed by atoms with Gasteiger partial charge in [0, 0.05) is 29.8 Å². The molecule has 0 bridgehead atoms. The summed E-state index contributed by atoms with van der Waals surface area (Å²) < 4.78 is 1.97. The van der Waals surface area contributed by atoms with E-state index in [-0.39, 0.29) is 0 Å². The smallest absolute Gasteiger partial charge is 0.177 e. The molecule has 2 aliphatic rings. The molecule has 3 aromatic rings. The van der Waals surface area contributed by atoms with Crippen molar-refractivity contribution in [2.45, 2.75) is 56.5 Å². The number of benzene rings is 1. The molecule has 6 heteroatoms. The monoisotopic (exact) mass is 362 g/mol. The number of hydrogen-bond acceptors (Lipinski definition) is 5. The maximum absolute atomic E-state index is 6.39. The largest absolute Gasteiger partial charge is 0.396 e. The lowest BCUT2D eigenvalue weighted by Gasteiger charge is -2.37. The number of nitrogens with zero attached hydrogens (tertiary/aromatic N) is 4. The first-order valence-electron chi connectivity index (χ1n) is 9.94. The predicted octanol–water partition coefficient (Wildman–Crippen LogP) is 3.60. The summed E-state index contributed by atoms with van der Waals surface area (Å²) in [6, 6.07) is 13.2. The zero-order chi connectivity index (χ0) is 18.4. The van der Waals surface area contributed by atoms with Crippen LogP contribution in [0.2, 0.25) is 0 Å². The molecular formula is C21H26N6. The van der Waals surface area contributed by atoms with Crippen LogP contribution in [-0.4, -0.2) is 26.7 Å². The number of fused-ring (bicyclic) bond motifs is 1. The molecule has 140 valence electrons. The fraction of sp³-hybridized carbons (Fsp3) is 0.429. The molecule has 2 aliphatic carbocycles. The topological polar surface area (TPSA) is 85.5 Å². The first-order chi connectivity index (χ1) is 13.2. The number of para-hydroxylation sites is 1. The van der Waals surface area contributed by atoms with Crippen LogP contribution in [0.15, 0.2) is 42.6 Å². The Hall–Kier alpha value is -2.60. The highest BCUT2D eigenvalue weighted by molar-refractivity contribution is 5.72. The summed E-state index contributed by atoms with van der Waals surface area (Å²) in [6.45, 7) is 0. The Bertz CT molecular complexity index is 938. The fourth-order valence-electron chi connectivity index (χ4n) is 4.25. The first kappa shape index (κ1) is 16.6. The van der Waals surface area contributed by atoms with Crippen LogP contribution in [0.5, 0.6) is 0 Å². The van der Waals surface area contributed by atoms with Gasteiger partial charge in [0.15, 0.2) is 11.5 Å². The number of nitrogens with two attached hydrogens (primary N) is 2. The molecule has 0 atom stereocenters. The minimum Gasteiger partial charge on any atom is -0.396 e. The van der Waals surface area contributed by atoms with E-state index in [4.69, 9.17) is 16.6 Å². The Kier molecular flexibility index (Phi) is 4.01. The minimum atomic E-state index is 0.314. The predicted molar refractivity (Wildman–Crippen MR) is 108 cm³/mol. The molecule has 0 amide bonds. The lowest BCUT2D eigenvalue weighted by atomic mass is 9.90. The molecule has 6 nitrogen and oxygen atoms in total. The van der Waals surface area contributed by atoms with E-state index >= 15 is 0 Å². The van der Waals surface area contributed by atoms with Crippen molar-refractivity contribution in [3.05, 3.63) is 48.3 Å². The van der Waals surface area contributed by atoms with Gasteiger partial charge in [-0.1, -0.05) is 18.2 Å². The average Bonchev–Trinajstić information content (AvgIpc) is 3.44. The molecule has 27 heavy (non-hydrogen) atoms. The third-order valence-corrected chi connectivity index (χ3v) is 5.89. The summed E-state index contributed by atoms with van der Waals surface area (Å²) in [4.78, 5) is 6.86. The number of nitrogen functional groups attached to an aromatic ring is 1. The van der Waals surface area contributed by atoms with Gasteiger partial charge in [-0.15, -0.1) is 5.10 Å². The summed E-state index contributed by atoms with van der Waals surface area (Å²) in [7, 11) is 0. The van der Waals surface area contributed by atoms with E-state index in [1.54, 1.807) is 0 Å². The van der Waals surface area contributed by atoms with Gasteiger partial charge in [0.2, 0.25) is 0 Å². The van der Waals surface area contributed by atoms with E-state index in [1.807, 2.05) is 22.8 Å². The SMILES string of the molecule is Nc1cc(N(c2ccccc2)C2CCC(N)CC2)nn2c(C3CC3)cnc12. The minimum absolute atomic E-state index is 0.314. The summed E-state index contributed by atoms with van der Waals surface area (Å²) in [5.74, 6) is 1.46. The van der Waals surface area contributed by atoms with Crippen LogP contribution >= 0.6 is 0 Å². The van der Waals surface area contributed by atoms with Gasteiger partial charge < -0.3 is 16.4 Å². The highest BCUT2D eigenvalue weighted by Gasteiger charge is 2.30. The number of rotatable bonds is 4. The second kappa shape index (κ2) is 6.53. The van der Waals surface area contributed by atoms with E-state index in [2.05, 4.69) is 34.1 Å². The summed E-state index contributed by atoms with van der Waals surface area (Å²) in [5, 5.41) is 5.00. The normalized spacial score (nSPS) is 22.9. The van der Waals surface area contributed by atoms with Crippen molar-refractivity contribution in [2.24, 2.45) is 5.73 Å². The van der Waals surface area contributed by atoms with Crippen molar-refractivity contribution >= 4 is 22.8 Å². The van der Waals surface area contributed by atoms with Crippen LogP contribution in [0.25, 0.3) is 5.65 Å². The Morgan fingerprint density at radius 3 is 2.44 bits per heavy atom. The first-order valence-corrected chi connectivity index (χ1v) is 9.94. The second-order valence-corrected chi connectivity index (χ2v) is 7.92.